The van der Waals surface area contributed by atoms with E-state index in [9.17, 15) is 4.79 Å². The number of aromatic nitrogens is 2. The quantitative estimate of drug-likeness (QED) is 0.912. The summed E-state index contributed by atoms with van der Waals surface area (Å²) >= 11 is 0. The maximum Gasteiger partial charge on any atom is 0.226 e. The molecule has 2 heterocycles. The van der Waals surface area contributed by atoms with E-state index in [1.807, 2.05) is 45.0 Å². The van der Waals surface area contributed by atoms with Gasteiger partial charge in [-0.25, -0.2) is 0 Å². The zero-order valence-corrected chi connectivity index (χ0v) is 14.3. The Hall–Kier alpha value is -2.37. The van der Waals surface area contributed by atoms with Crippen molar-refractivity contribution in [1.29, 1.82) is 0 Å². The number of benzene rings is 1. The highest BCUT2D eigenvalue weighted by Gasteiger charge is 2.25. The first-order valence-electron chi connectivity index (χ1n) is 8.27. The minimum absolute atomic E-state index is 0.0101. The highest BCUT2D eigenvalue weighted by molar-refractivity contribution is 5.76. The lowest BCUT2D eigenvalue weighted by molar-refractivity contribution is -0.122. The van der Waals surface area contributed by atoms with E-state index >= 15 is 0 Å². The van der Waals surface area contributed by atoms with E-state index in [0.717, 1.165) is 11.3 Å². The number of hydrogen-bond donors (Lipinski definition) is 1. The van der Waals surface area contributed by atoms with Crippen LogP contribution in [0.2, 0.25) is 0 Å². The monoisotopic (exact) mass is 329 g/mol. The second-order valence-corrected chi connectivity index (χ2v) is 7.08. The van der Waals surface area contributed by atoms with Crippen LogP contribution in [0.15, 0.2) is 28.8 Å². The van der Waals surface area contributed by atoms with Crippen LogP contribution in [0, 0.1) is 0 Å². The molecule has 1 N–H and O–H groups in total. The topological polar surface area (TPSA) is 77.2 Å². The normalized spacial score (nSPS) is 16.5. The molecular weight excluding hydrogens is 306 g/mol. The summed E-state index contributed by atoms with van der Waals surface area (Å²) in [7, 11) is 0. The Kier molecular flexibility index (Phi) is 4.55. The van der Waals surface area contributed by atoms with Crippen LogP contribution in [0.25, 0.3) is 0 Å². The second-order valence-electron chi connectivity index (χ2n) is 7.08. The van der Waals surface area contributed by atoms with Gasteiger partial charge in [0.1, 0.15) is 12.4 Å². The first-order valence-corrected chi connectivity index (χ1v) is 8.27. The summed E-state index contributed by atoms with van der Waals surface area (Å²) in [5.41, 5.74) is 0.909. The van der Waals surface area contributed by atoms with Gasteiger partial charge in [0.25, 0.3) is 0 Å². The van der Waals surface area contributed by atoms with Crippen LogP contribution in [0.5, 0.6) is 5.75 Å². The zero-order valence-electron chi connectivity index (χ0n) is 14.3. The maximum atomic E-state index is 12.1. The molecule has 1 aromatic heterocycles. The number of nitrogens with zero attached hydrogens (tertiary/aromatic N) is 2. The van der Waals surface area contributed by atoms with Crippen LogP contribution >= 0.6 is 0 Å². The average molecular weight is 329 g/mol. The molecule has 0 fully saturated rings. The summed E-state index contributed by atoms with van der Waals surface area (Å²) in [6.45, 7) is 6.60. The highest BCUT2D eigenvalue weighted by atomic mass is 16.5. The van der Waals surface area contributed by atoms with Gasteiger partial charge in [0.15, 0.2) is 5.82 Å². The first-order chi connectivity index (χ1) is 11.4. The number of amides is 1. The molecule has 0 unspecified atom stereocenters. The number of carbonyl (C=O) groups excluding carboxylic acids is 1. The molecule has 24 heavy (non-hydrogen) atoms. The van der Waals surface area contributed by atoms with Crippen LogP contribution in [-0.4, -0.2) is 22.7 Å². The number of rotatable bonds is 5. The number of para-hydroxylation sites is 1. The van der Waals surface area contributed by atoms with Crippen molar-refractivity contribution < 1.29 is 14.1 Å². The SMILES string of the molecule is CC(C)(C)c1noc(CCCC(=O)N[C@@H]2COc3ccccc32)n1. The van der Waals surface area contributed by atoms with Crippen molar-refractivity contribution in [2.45, 2.75) is 51.5 Å². The van der Waals surface area contributed by atoms with E-state index in [-0.39, 0.29) is 17.4 Å². The summed E-state index contributed by atoms with van der Waals surface area (Å²) in [5.74, 6) is 2.14. The van der Waals surface area contributed by atoms with Crippen molar-refractivity contribution in [3.05, 3.63) is 41.5 Å². The molecular formula is C18H23N3O3. The fourth-order valence-corrected chi connectivity index (χ4v) is 2.61. The Morgan fingerprint density at radius 3 is 2.88 bits per heavy atom. The Labute approximate surface area is 141 Å². The van der Waals surface area contributed by atoms with Crippen LogP contribution in [-0.2, 0) is 16.6 Å². The summed E-state index contributed by atoms with van der Waals surface area (Å²) in [6.07, 6.45) is 1.70. The largest absolute Gasteiger partial charge is 0.491 e. The molecule has 0 saturated carbocycles. The van der Waals surface area contributed by atoms with Gasteiger partial charge >= 0.3 is 0 Å². The third kappa shape index (κ3) is 3.75. The summed E-state index contributed by atoms with van der Waals surface area (Å²) in [6, 6.07) is 7.72. The third-order valence-electron chi connectivity index (χ3n) is 3.97. The van der Waals surface area contributed by atoms with Gasteiger partial charge in [-0.2, -0.15) is 4.98 Å². The molecule has 1 aliphatic rings. The molecule has 1 amide bonds. The van der Waals surface area contributed by atoms with Gasteiger partial charge in [-0.15, -0.1) is 0 Å². The zero-order chi connectivity index (χ0) is 17.2. The lowest BCUT2D eigenvalue weighted by Gasteiger charge is -2.11. The smallest absolute Gasteiger partial charge is 0.226 e. The number of aryl methyl sites for hydroxylation is 1. The van der Waals surface area contributed by atoms with E-state index in [1.165, 1.54) is 0 Å². The molecule has 0 radical (unpaired) electrons. The molecule has 0 saturated heterocycles. The van der Waals surface area contributed by atoms with Crippen molar-refractivity contribution in [2.24, 2.45) is 0 Å². The second kappa shape index (κ2) is 6.63. The minimum atomic E-state index is -0.130. The summed E-state index contributed by atoms with van der Waals surface area (Å²) in [5, 5.41) is 7.01. The Morgan fingerprint density at radius 2 is 2.12 bits per heavy atom. The van der Waals surface area contributed by atoms with Gasteiger partial charge in [-0.3, -0.25) is 4.79 Å². The molecule has 2 aromatic rings. The fourth-order valence-electron chi connectivity index (χ4n) is 2.61. The number of carbonyl (C=O) groups is 1. The standard InChI is InChI=1S/C18H23N3O3/c1-18(2,3)17-20-16(24-21-17)10-6-9-15(22)19-13-11-23-14-8-5-4-7-12(13)14/h4-5,7-8,13H,6,9-11H2,1-3H3,(H,19,22)/t13-/m1/s1. The summed E-state index contributed by atoms with van der Waals surface area (Å²) < 4.78 is 10.8. The van der Waals surface area contributed by atoms with Crippen LogP contribution in [0.4, 0.5) is 0 Å². The third-order valence-corrected chi connectivity index (χ3v) is 3.97. The van der Waals surface area contributed by atoms with Crippen LogP contribution in [0.3, 0.4) is 0 Å². The van der Waals surface area contributed by atoms with E-state index < -0.39 is 0 Å². The van der Waals surface area contributed by atoms with Gasteiger partial charge in [0, 0.05) is 23.8 Å². The van der Waals surface area contributed by atoms with E-state index in [0.29, 0.717) is 37.6 Å². The molecule has 6 heteroatoms. The molecule has 128 valence electrons. The van der Waals surface area contributed by atoms with E-state index in [4.69, 9.17) is 9.26 Å². The number of nitrogens with one attached hydrogen (secondary N) is 1. The van der Waals surface area contributed by atoms with E-state index in [2.05, 4.69) is 15.5 Å². The predicted molar refractivity (Wildman–Crippen MR) is 88.8 cm³/mol. The lowest BCUT2D eigenvalue weighted by atomic mass is 9.96. The molecule has 0 bridgehead atoms. The number of hydrogen-bond acceptors (Lipinski definition) is 5. The molecule has 1 aromatic carbocycles. The molecule has 3 rings (SSSR count). The van der Waals surface area contributed by atoms with Crippen LogP contribution < -0.4 is 10.1 Å². The van der Waals surface area contributed by atoms with Gasteiger partial charge < -0.3 is 14.6 Å². The van der Waals surface area contributed by atoms with Gasteiger partial charge in [0.2, 0.25) is 11.8 Å². The predicted octanol–water partition coefficient (Wildman–Crippen LogP) is 2.94. The molecule has 1 aliphatic heterocycles. The Balaban J connectivity index is 1.46. The van der Waals surface area contributed by atoms with Crippen molar-refractivity contribution in [3.8, 4) is 5.75 Å². The van der Waals surface area contributed by atoms with Gasteiger partial charge in [0.05, 0.1) is 6.04 Å². The highest BCUT2D eigenvalue weighted by Crippen LogP contribution is 2.31. The molecule has 1 atom stereocenters. The average Bonchev–Trinajstić information content (AvgIpc) is 3.15. The summed E-state index contributed by atoms with van der Waals surface area (Å²) in [4.78, 5) is 16.5. The van der Waals surface area contributed by atoms with Crippen molar-refractivity contribution >= 4 is 5.91 Å². The number of fused-ring (bicyclic) bond motifs is 1. The van der Waals surface area contributed by atoms with Crippen molar-refractivity contribution in [2.75, 3.05) is 6.61 Å². The molecule has 0 spiro atoms. The number of ether oxygens (including phenoxy) is 1. The maximum absolute atomic E-state index is 12.1. The van der Waals surface area contributed by atoms with Crippen molar-refractivity contribution in [1.82, 2.24) is 15.5 Å². The minimum Gasteiger partial charge on any atom is -0.491 e. The lowest BCUT2D eigenvalue weighted by Crippen LogP contribution is -2.29. The van der Waals surface area contributed by atoms with Gasteiger partial charge in [-0.1, -0.05) is 44.1 Å². The first kappa shape index (κ1) is 16.5. The Morgan fingerprint density at radius 1 is 1.33 bits per heavy atom. The Bertz CT molecular complexity index is 718. The van der Waals surface area contributed by atoms with E-state index in [1.54, 1.807) is 0 Å². The van der Waals surface area contributed by atoms with Crippen LogP contribution in [0.1, 0.15) is 56.9 Å². The fraction of sp³-hybridized carbons (Fsp3) is 0.500. The molecule has 0 aliphatic carbocycles. The molecule has 6 nitrogen and oxygen atoms in total. The van der Waals surface area contributed by atoms with Gasteiger partial charge in [-0.05, 0) is 12.5 Å². The van der Waals surface area contributed by atoms with Crippen molar-refractivity contribution in [3.63, 3.8) is 0 Å².